The molecule has 29 heavy (non-hydrogen) atoms. The summed E-state index contributed by atoms with van der Waals surface area (Å²) >= 11 is 7.60. The molecule has 2 aromatic heterocycles. The molecular formula is C18H15ClF4N4OS. The Kier molecular flexibility index (Phi) is 5.10. The Labute approximate surface area is 172 Å². The zero-order valence-electron chi connectivity index (χ0n) is 15.1. The fourth-order valence-electron chi connectivity index (χ4n) is 3.24. The summed E-state index contributed by atoms with van der Waals surface area (Å²) in [7, 11) is 0. The molecule has 0 atom stereocenters. The number of halogens is 5. The molecule has 1 saturated carbocycles. The summed E-state index contributed by atoms with van der Waals surface area (Å²) in [5, 5.41) is 8.22. The molecule has 5 nitrogen and oxygen atoms in total. The fourth-order valence-corrected chi connectivity index (χ4v) is 3.94. The van der Waals surface area contributed by atoms with Gasteiger partial charge >= 0.3 is 6.18 Å². The molecule has 11 heteroatoms. The topological polar surface area (TPSA) is 56.7 Å². The van der Waals surface area contributed by atoms with Crippen molar-refractivity contribution in [2.75, 3.05) is 12.0 Å². The van der Waals surface area contributed by atoms with Crippen LogP contribution in [-0.2, 0) is 18.1 Å². The summed E-state index contributed by atoms with van der Waals surface area (Å²) in [4.78, 5) is 4.29. The molecule has 154 valence electrons. The number of rotatable bonds is 6. The van der Waals surface area contributed by atoms with Crippen molar-refractivity contribution >= 4 is 23.4 Å². The van der Waals surface area contributed by atoms with Gasteiger partial charge in [-0.05, 0) is 36.8 Å². The van der Waals surface area contributed by atoms with Gasteiger partial charge in [0.05, 0.1) is 12.0 Å². The summed E-state index contributed by atoms with van der Waals surface area (Å²) in [5.74, 6) is 0.218. The van der Waals surface area contributed by atoms with Crippen LogP contribution >= 0.6 is 23.4 Å². The van der Waals surface area contributed by atoms with Crippen molar-refractivity contribution in [3.8, 4) is 11.6 Å². The van der Waals surface area contributed by atoms with E-state index in [-0.39, 0.29) is 23.2 Å². The molecule has 0 spiro atoms. The van der Waals surface area contributed by atoms with Crippen LogP contribution in [0.2, 0.25) is 5.02 Å². The van der Waals surface area contributed by atoms with Crippen LogP contribution in [0.3, 0.4) is 0 Å². The molecule has 2 heterocycles. The van der Waals surface area contributed by atoms with Gasteiger partial charge in [0.1, 0.15) is 11.5 Å². The van der Waals surface area contributed by atoms with Gasteiger partial charge in [0.25, 0.3) is 5.89 Å². The lowest BCUT2D eigenvalue weighted by molar-refractivity contribution is -0.144. The average Bonchev–Trinajstić information content (AvgIpc) is 3.11. The van der Waals surface area contributed by atoms with E-state index >= 15 is 0 Å². The number of hydrogen-bond acceptors (Lipinski definition) is 5. The summed E-state index contributed by atoms with van der Waals surface area (Å²) in [5.41, 5.74) is -0.877. The average molecular weight is 447 g/mol. The van der Waals surface area contributed by atoms with E-state index in [0.29, 0.717) is 30.0 Å². The Hall–Kier alpha value is -2.07. The zero-order chi connectivity index (χ0) is 20.8. The highest BCUT2D eigenvalue weighted by Crippen LogP contribution is 2.54. The highest BCUT2D eigenvalue weighted by atomic mass is 35.5. The summed E-state index contributed by atoms with van der Waals surface area (Å²) in [6.07, 6.45) is -1.40. The van der Waals surface area contributed by atoms with Gasteiger partial charge in [-0.25, -0.2) is 4.39 Å². The third-order valence-electron chi connectivity index (χ3n) is 4.85. The molecule has 1 aromatic carbocycles. The van der Waals surface area contributed by atoms with Crippen LogP contribution in [-0.4, -0.2) is 31.9 Å². The summed E-state index contributed by atoms with van der Waals surface area (Å²) < 4.78 is 59.5. The second-order valence-electron chi connectivity index (χ2n) is 6.76. The lowest BCUT2D eigenvalue weighted by Gasteiger charge is -2.12. The first-order valence-corrected chi connectivity index (χ1v) is 10.5. The molecule has 1 aliphatic rings. The number of benzene rings is 1. The number of hydrogen-bond donors (Lipinski definition) is 0. The molecule has 4 rings (SSSR count). The summed E-state index contributed by atoms with van der Waals surface area (Å²) in [6, 6.07) is 4.98. The lowest BCUT2D eigenvalue weighted by atomic mass is 9.95. The molecule has 0 radical (unpaired) electrons. The van der Waals surface area contributed by atoms with Gasteiger partial charge in [-0.15, -0.1) is 0 Å². The second kappa shape index (κ2) is 7.32. The highest BCUT2D eigenvalue weighted by Gasteiger charge is 2.51. The summed E-state index contributed by atoms with van der Waals surface area (Å²) in [6.45, 7) is 0.103. The molecule has 1 fully saturated rings. The van der Waals surface area contributed by atoms with Crippen molar-refractivity contribution in [1.29, 1.82) is 0 Å². The van der Waals surface area contributed by atoms with Gasteiger partial charge in [-0.3, -0.25) is 4.68 Å². The molecular weight excluding hydrogens is 432 g/mol. The van der Waals surface area contributed by atoms with Gasteiger partial charge in [0.15, 0.2) is 11.5 Å². The van der Waals surface area contributed by atoms with E-state index in [1.54, 1.807) is 12.3 Å². The SMILES string of the molecule is CSCCn1nc(-c2nc(C3(c4ccc(F)cc4Cl)CC3)no2)cc1C(F)(F)F. The van der Waals surface area contributed by atoms with Crippen LogP contribution < -0.4 is 0 Å². The molecule has 0 N–H and O–H groups in total. The van der Waals surface area contributed by atoms with Crippen molar-refractivity contribution in [2.24, 2.45) is 0 Å². The predicted molar refractivity (Wildman–Crippen MR) is 100 cm³/mol. The molecule has 0 amide bonds. The van der Waals surface area contributed by atoms with Crippen molar-refractivity contribution in [1.82, 2.24) is 19.9 Å². The van der Waals surface area contributed by atoms with E-state index < -0.39 is 23.1 Å². The van der Waals surface area contributed by atoms with Crippen molar-refractivity contribution < 1.29 is 22.1 Å². The molecule has 0 saturated heterocycles. The second-order valence-corrected chi connectivity index (χ2v) is 8.15. The van der Waals surface area contributed by atoms with E-state index in [1.165, 1.54) is 23.9 Å². The van der Waals surface area contributed by atoms with Gasteiger partial charge < -0.3 is 4.52 Å². The van der Waals surface area contributed by atoms with Crippen LogP contribution in [0.1, 0.15) is 29.9 Å². The van der Waals surface area contributed by atoms with E-state index in [0.717, 1.165) is 10.7 Å². The largest absolute Gasteiger partial charge is 0.433 e. The van der Waals surface area contributed by atoms with Gasteiger partial charge in [0, 0.05) is 16.8 Å². The Balaban J connectivity index is 1.68. The van der Waals surface area contributed by atoms with Crippen LogP contribution in [0.15, 0.2) is 28.8 Å². The Morgan fingerprint density at radius 3 is 2.66 bits per heavy atom. The standard InChI is InChI=1S/C18H15ClF4N4OS/c1-29-7-6-27-14(18(21,22)23)9-13(25-27)15-24-16(26-28-15)17(4-5-17)11-3-2-10(20)8-12(11)19/h2-3,8-9H,4-7H2,1H3. The maximum Gasteiger partial charge on any atom is 0.433 e. The first-order valence-electron chi connectivity index (χ1n) is 8.69. The minimum Gasteiger partial charge on any atom is -0.332 e. The fraction of sp³-hybridized carbons (Fsp3) is 0.389. The predicted octanol–water partition coefficient (Wildman–Crippen LogP) is 5.19. The van der Waals surface area contributed by atoms with E-state index in [9.17, 15) is 17.6 Å². The maximum absolute atomic E-state index is 13.4. The minimum atomic E-state index is -4.55. The van der Waals surface area contributed by atoms with E-state index in [4.69, 9.17) is 16.1 Å². The minimum absolute atomic E-state index is 0.0434. The van der Waals surface area contributed by atoms with Gasteiger partial charge in [-0.2, -0.15) is 35.0 Å². The molecule has 1 aliphatic carbocycles. The molecule has 3 aromatic rings. The van der Waals surface area contributed by atoms with Gasteiger partial charge in [0.2, 0.25) is 0 Å². The molecule has 0 bridgehead atoms. The van der Waals surface area contributed by atoms with Gasteiger partial charge in [-0.1, -0.05) is 22.8 Å². The smallest absolute Gasteiger partial charge is 0.332 e. The third kappa shape index (κ3) is 3.75. The van der Waals surface area contributed by atoms with Crippen molar-refractivity contribution in [2.45, 2.75) is 31.0 Å². The van der Waals surface area contributed by atoms with Crippen molar-refractivity contribution in [3.63, 3.8) is 0 Å². The van der Waals surface area contributed by atoms with Crippen molar-refractivity contribution in [3.05, 3.63) is 52.2 Å². The van der Waals surface area contributed by atoms with Crippen LogP contribution in [0, 0.1) is 5.82 Å². The number of nitrogens with zero attached hydrogens (tertiary/aromatic N) is 4. The van der Waals surface area contributed by atoms with Crippen LogP contribution in [0.5, 0.6) is 0 Å². The Bertz CT molecular complexity index is 1040. The Morgan fingerprint density at radius 1 is 1.28 bits per heavy atom. The van der Waals surface area contributed by atoms with E-state index in [2.05, 4.69) is 15.2 Å². The number of aromatic nitrogens is 4. The number of aryl methyl sites for hydroxylation is 1. The van der Waals surface area contributed by atoms with E-state index in [1.807, 2.05) is 0 Å². The normalized spacial score (nSPS) is 15.7. The van der Waals surface area contributed by atoms with Crippen LogP contribution in [0.4, 0.5) is 17.6 Å². The maximum atomic E-state index is 13.4. The first-order chi connectivity index (χ1) is 13.7. The van der Waals surface area contributed by atoms with Crippen LogP contribution in [0.25, 0.3) is 11.6 Å². The third-order valence-corrected chi connectivity index (χ3v) is 5.75. The molecule has 0 aliphatic heterocycles. The highest BCUT2D eigenvalue weighted by molar-refractivity contribution is 7.98. The Morgan fingerprint density at radius 2 is 2.03 bits per heavy atom. The monoisotopic (exact) mass is 446 g/mol. The first kappa shape index (κ1) is 20.2. The lowest BCUT2D eigenvalue weighted by Crippen LogP contribution is -2.15. The quantitative estimate of drug-likeness (QED) is 0.488. The molecule has 0 unspecified atom stereocenters. The number of thioether (sulfide) groups is 1. The number of alkyl halides is 3. The zero-order valence-corrected chi connectivity index (χ0v) is 16.7.